The molecule has 0 aromatic carbocycles. The Labute approximate surface area is 115 Å². The first kappa shape index (κ1) is 12.6. The van der Waals surface area contributed by atoms with E-state index in [0.717, 1.165) is 14.4 Å². The van der Waals surface area contributed by atoms with Crippen LogP contribution in [0, 0.1) is 10.4 Å². The third kappa shape index (κ3) is 3.09. The molecule has 1 N–H and O–H groups in total. The standard InChI is InChI=1S/C6H5BrO2S.C6H3Cl/c7-4-1-5(10-3-4)2-6(8)9;7-6-3-4-1-2-5(4)6/h1,3H,2H2,(H,8,9);1-3H. The van der Waals surface area contributed by atoms with Crippen LogP contribution in [0.1, 0.15) is 4.88 Å². The molecule has 1 heterocycles. The van der Waals surface area contributed by atoms with Gasteiger partial charge in [0.05, 0.1) is 6.42 Å². The number of halogens is 2. The summed E-state index contributed by atoms with van der Waals surface area (Å²) in [7, 11) is 0. The van der Waals surface area contributed by atoms with E-state index in [9.17, 15) is 4.79 Å². The summed E-state index contributed by atoms with van der Waals surface area (Å²) in [6.45, 7) is 0. The monoisotopic (exact) mass is 330 g/mol. The molecule has 5 heteroatoms. The molecule has 0 radical (unpaired) electrons. The largest absolute Gasteiger partial charge is 0.481 e. The molecule has 0 aliphatic heterocycles. The second-order valence-corrected chi connectivity index (χ2v) is 5.82. The van der Waals surface area contributed by atoms with Gasteiger partial charge in [-0.25, -0.2) is 0 Å². The topological polar surface area (TPSA) is 37.3 Å². The Hall–Kier alpha value is -0.840. The Balaban J connectivity index is 0.000000134. The molecular weight excluding hydrogens is 324 g/mol. The van der Waals surface area contributed by atoms with Gasteiger partial charge in [-0.05, 0) is 33.3 Å². The molecule has 17 heavy (non-hydrogen) atoms. The predicted molar refractivity (Wildman–Crippen MR) is 72.5 cm³/mol. The first-order chi connectivity index (χ1) is 8.06. The molecule has 2 aliphatic rings. The van der Waals surface area contributed by atoms with Crippen molar-refractivity contribution in [2.24, 2.45) is 0 Å². The first-order valence-electron chi connectivity index (χ1n) is 4.81. The van der Waals surface area contributed by atoms with Crippen molar-refractivity contribution in [1.82, 2.24) is 0 Å². The van der Waals surface area contributed by atoms with Crippen LogP contribution in [0.25, 0.3) is 0 Å². The molecule has 0 atom stereocenters. The second kappa shape index (κ2) is 5.21. The van der Waals surface area contributed by atoms with Gasteiger partial charge in [-0.3, -0.25) is 4.79 Å². The van der Waals surface area contributed by atoms with E-state index in [2.05, 4.69) is 22.0 Å². The number of aliphatic carboxylic acids is 1. The molecule has 0 amide bonds. The van der Waals surface area contributed by atoms with Crippen molar-refractivity contribution in [3.63, 3.8) is 0 Å². The predicted octanol–water partition coefficient (Wildman–Crippen LogP) is 4.08. The number of carboxylic acids is 1. The Morgan fingerprint density at radius 1 is 1.41 bits per heavy atom. The zero-order valence-electron chi connectivity index (χ0n) is 8.61. The lowest BCUT2D eigenvalue weighted by atomic mass is 10.1. The van der Waals surface area contributed by atoms with Crippen LogP contribution < -0.4 is 0 Å². The van der Waals surface area contributed by atoms with Crippen molar-refractivity contribution in [1.29, 1.82) is 0 Å². The molecule has 88 valence electrons. The molecule has 0 fully saturated rings. The van der Waals surface area contributed by atoms with E-state index in [1.54, 1.807) is 0 Å². The van der Waals surface area contributed by atoms with Crippen LogP contribution in [0.4, 0.5) is 0 Å². The smallest absolute Gasteiger partial charge is 0.308 e. The van der Waals surface area contributed by atoms with Crippen molar-refractivity contribution in [3.05, 3.63) is 54.5 Å². The van der Waals surface area contributed by atoms with E-state index in [-0.39, 0.29) is 6.42 Å². The summed E-state index contributed by atoms with van der Waals surface area (Å²) in [6.07, 6.45) is 0.121. The highest BCUT2D eigenvalue weighted by atomic mass is 79.9. The van der Waals surface area contributed by atoms with Gasteiger partial charge in [-0.15, -0.1) is 11.3 Å². The maximum Gasteiger partial charge on any atom is 0.308 e. The number of thiophene rings is 1. The molecule has 0 saturated heterocycles. The summed E-state index contributed by atoms with van der Waals surface area (Å²) >= 11 is 10.3. The molecule has 2 aliphatic carbocycles. The van der Waals surface area contributed by atoms with Crippen LogP contribution >= 0.6 is 38.9 Å². The normalized spacial score (nSPS) is 10.5. The number of rotatable bonds is 2. The Bertz CT molecular complexity index is 651. The van der Waals surface area contributed by atoms with Crippen LogP contribution in [0.2, 0.25) is 5.02 Å². The number of hydrogen-bond donors (Lipinski definition) is 1. The van der Waals surface area contributed by atoms with Crippen molar-refractivity contribution in [2.45, 2.75) is 6.42 Å². The van der Waals surface area contributed by atoms with Gasteiger partial charge in [0.25, 0.3) is 0 Å². The van der Waals surface area contributed by atoms with Gasteiger partial charge in [0, 0.05) is 25.0 Å². The van der Waals surface area contributed by atoms with Crippen LogP contribution in [-0.4, -0.2) is 11.1 Å². The van der Waals surface area contributed by atoms with Gasteiger partial charge in [-0.1, -0.05) is 23.7 Å². The van der Waals surface area contributed by atoms with Crippen LogP contribution in [-0.2, 0) is 11.2 Å². The average Bonchev–Trinajstić information content (AvgIpc) is 2.60. The highest BCUT2D eigenvalue weighted by molar-refractivity contribution is 9.10. The van der Waals surface area contributed by atoms with Crippen LogP contribution in [0.5, 0.6) is 0 Å². The quantitative estimate of drug-likeness (QED) is 0.768. The van der Waals surface area contributed by atoms with Gasteiger partial charge < -0.3 is 5.11 Å². The van der Waals surface area contributed by atoms with Gasteiger partial charge >= 0.3 is 5.97 Å². The minimum atomic E-state index is -0.783. The molecule has 0 bridgehead atoms. The maximum atomic E-state index is 10.2. The van der Waals surface area contributed by atoms with Crippen molar-refractivity contribution >= 4 is 44.8 Å². The van der Waals surface area contributed by atoms with Gasteiger partial charge in [0.1, 0.15) is 0 Å². The third-order valence-electron chi connectivity index (χ3n) is 2.23. The van der Waals surface area contributed by atoms with Gasteiger partial charge in [0.2, 0.25) is 0 Å². The lowest BCUT2D eigenvalue weighted by Crippen LogP contribution is -1.96. The fraction of sp³-hybridized carbons (Fsp3) is 0.0833. The van der Waals surface area contributed by atoms with E-state index >= 15 is 0 Å². The Kier molecular flexibility index (Phi) is 3.86. The molecule has 1 aromatic rings. The SMILES string of the molecule is Clc1cc2ccc1=2.O=C(O)Cc1cc(Br)cs1. The maximum absolute atomic E-state index is 10.2. The molecule has 0 unspecified atom stereocenters. The van der Waals surface area contributed by atoms with Crippen molar-refractivity contribution in [2.75, 3.05) is 0 Å². The molecule has 0 spiro atoms. The highest BCUT2D eigenvalue weighted by Gasteiger charge is 2.01. The second-order valence-electron chi connectivity index (χ2n) is 3.50. The summed E-state index contributed by atoms with van der Waals surface area (Å²) in [5, 5.41) is 13.7. The lowest BCUT2D eigenvalue weighted by molar-refractivity contribution is -0.136. The van der Waals surface area contributed by atoms with E-state index in [1.165, 1.54) is 21.8 Å². The van der Waals surface area contributed by atoms with Crippen LogP contribution in [0.3, 0.4) is 0 Å². The fourth-order valence-corrected chi connectivity index (χ4v) is 3.07. The van der Waals surface area contributed by atoms with E-state index < -0.39 is 5.97 Å². The fourth-order valence-electron chi connectivity index (χ4n) is 1.34. The summed E-state index contributed by atoms with van der Waals surface area (Å²) in [5.41, 5.74) is 0. The van der Waals surface area contributed by atoms with Crippen LogP contribution in [0.15, 0.2) is 34.1 Å². The van der Waals surface area contributed by atoms with Crippen molar-refractivity contribution < 1.29 is 9.90 Å². The van der Waals surface area contributed by atoms with E-state index in [4.69, 9.17) is 16.7 Å². The third-order valence-corrected chi connectivity index (χ3v) is 4.24. The summed E-state index contributed by atoms with van der Waals surface area (Å²) < 4.78 is 0.953. The Morgan fingerprint density at radius 3 is 2.41 bits per heavy atom. The summed E-state index contributed by atoms with van der Waals surface area (Å²) in [5.74, 6) is -0.783. The molecular formula is C12H8BrClO2S. The van der Waals surface area contributed by atoms with E-state index in [0.29, 0.717) is 0 Å². The highest BCUT2D eigenvalue weighted by Crippen LogP contribution is 2.20. The summed E-state index contributed by atoms with van der Waals surface area (Å²) in [4.78, 5) is 11.0. The zero-order chi connectivity index (χ0) is 12.4. The van der Waals surface area contributed by atoms with Gasteiger partial charge in [-0.2, -0.15) is 0 Å². The first-order valence-corrected chi connectivity index (χ1v) is 6.86. The number of carbonyl (C=O) groups is 1. The number of hydrogen-bond acceptors (Lipinski definition) is 2. The average molecular weight is 332 g/mol. The summed E-state index contributed by atoms with van der Waals surface area (Å²) in [6, 6.07) is 7.87. The minimum Gasteiger partial charge on any atom is -0.481 e. The minimum absolute atomic E-state index is 0.121. The van der Waals surface area contributed by atoms with Gasteiger partial charge in [0.15, 0.2) is 0 Å². The van der Waals surface area contributed by atoms with Crippen molar-refractivity contribution in [3.8, 4) is 0 Å². The number of carboxylic acid groups (broad SMARTS) is 1. The molecule has 3 rings (SSSR count). The molecule has 2 nitrogen and oxygen atoms in total. The molecule has 1 aromatic heterocycles. The number of benzene rings is 1. The lowest BCUT2D eigenvalue weighted by Gasteiger charge is -2.01. The Morgan fingerprint density at radius 2 is 2.18 bits per heavy atom. The zero-order valence-corrected chi connectivity index (χ0v) is 11.8. The van der Waals surface area contributed by atoms with E-state index in [1.807, 2.05) is 23.6 Å². The molecule has 0 saturated carbocycles.